The Kier molecular flexibility index (Phi) is 2.82. The summed E-state index contributed by atoms with van der Waals surface area (Å²) in [5, 5.41) is 0. The molecule has 0 spiro atoms. The maximum Gasteiger partial charge on any atom is 0.354 e. The highest BCUT2D eigenvalue weighted by atomic mass is 16.5. The minimum absolute atomic E-state index is 0.191. The average Bonchev–Trinajstić information content (AvgIpc) is 2.77. The molecule has 0 aliphatic rings. The number of aromatic nitrogens is 2. The molecule has 0 radical (unpaired) electrons. The van der Waals surface area contributed by atoms with Gasteiger partial charge in [-0.3, -0.25) is 4.79 Å². The third-order valence-corrected chi connectivity index (χ3v) is 2.53. The Morgan fingerprint density at radius 1 is 1.29 bits per heavy atom. The van der Waals surface area contributed by atoms with Crippen LogP contribution in [-0.2, 0) is 4.74 Å². The van der Waals surface area contributed by atoms with Gasteiger partial charge in [0.25, 0.3) is 5.56 Å². The highest BCUT2D eigenvalue weighted by Gasteiger charge is 2.12. The van der Waals surface area contributed by atoms with Crippen molar-refractivity contribution in [2.45, 2.75) is 6.92 Å². The Morgan fingerprint density at radius 2 is 2.06 bits per heavy atom. The van der Waals surface area contributed by atoms with Gasteiger partial charge in [0.1, 0.15) is 5.69 Å². The van der Waals surface area contributed by atoms with E-state index in [1.54, 1.807) is 24.4 Å². The molecule has 0 amide bonds. The molecule has 2 aromatic heterocycles. The summed E-state index contributed by atoms with van der Waals surface area (Å²) < 4.78 is 4.59. The Morgan fingerprint density at radius 3 is 2.71 bits per heavy atom. The molecule has 5 nitrogen and oxygen atoms in total. The van der Waals surface area contributed by atoms with Crippen molar-refractivity contribution in [1.82, 2.24) is 9.97 Å². The maximum absolute atomic E-state index is 11.7. The van der Waals surface area contributed by atoms with Crippen LogP contribution in [-0.4, -0.2) is 23.0 Å². The molecule has 5 heteroatoms. The standard InChI is InChI=1S/C12H12N2O3/c1-7-5-6-13-11(15)10(7)8-3-4-9(14-8)12(16)17-2/h3-6,14H,1-2H3,(H,13,15). The summed E-state index contributed by atoms with van der Waals surface area (Å²) in [7, 11) is 1.31. The summed E-state index contributed by atoms with van der Waals surface area (Å²) in [5.41, 5.74) is 2.10. The second-order valence-corrected chi connectivity index (χ2v) is 3.64. The minimum atomic E-state index is -0.457. The van der Waals surface area contributed by atoms with Crippen LogP contribution in [0.25, 0.3) is 11.3 Å². The first-order valence-electron chi connectivity index (χ1n) is 5.09. The number of hydrogen-bond acceptors (Lipinski definition) is 3. The zero-order valence-electron chi connectivity index (χ0n) is 9.53. The number of ether oxygens (including phenoxy) is 1. The Bertz CT molecular complexity index is 610. The summed E-state index contributed by atoms with van der Waals surface area (Å²) in [5.74, 6) is -0.457. The van der Waals surface area contributed by atoms with E-state index in [9.17, 15) is 9.59 Å². The number of H-pyrrole nitrogens is 2. The molecule has 2 aromatic rings. The van der Waals surface area contributed by atoms with Gasteiger partial charge in [-0.15, -0.1) is 0 Å². The van der Waals surface area contributed by atoms with Crippen LogP contribution >= 0.6 is 0 Å². The van der Waals surface area contributed by atoms with E-state index < -0.39 is 5.97 Å². The zero-order valence-corrected chi connectivity index (χ0v) is 9.53. The molecule has 0 unspecified atom stereocenters. The second-order valence-electron chi connectivity index (χ2n) is 3.64. The fraction of sp³-hybridized carbons (Fsp3) is 0.167. The van der Waals surface area contributed by atoms with E-state index in [-0.39, 0.29) is 5.56 Å². The monoisotopic (exact) mass is 232 g/mol. The summed E-state index contributed by atoms with van der Waals surface area (Å²) in [6.07, 6.45) is 1.59. The lowest BCUT2D eigenvalue weighted by atomic mass is 10.1. The molecule has 0 saturated carbocycles. The van der Waals surface area contributed by atoms with E-state index in [1.165, 1.54) is 7.11 Å². The number of pyridine rings is 1. The second kappa shape index (κ2) is 4.29. The molecule has 2 heterocycles. The average molecular weight is 232 g/mol. The van der Waals surface area contributed by atoms with Crippen molar-refractivity contribution < 1.29 is 9.53 Å². The molecule has 0 aromatic carbocycles. The summed E-state index contributed by atoms with van der Waals surface area (Å²) in [6, 6.07) is 5.08. The SMILES string of the molecule is COC(=O)c1ccc(-c2c(C)cc[nH]c2=O)[nH]1. The predicted molar refractivity (Wildman–Crippen MR) is 62.9 cm³/mol. The van der Waals surface area contributed by atoms with Gasteiger partial charge in [0.05, 0.1) is 18.4 Å². The molecule has 0 aliphatic heterocycles. The number of rotatable bonds is 2. The fourth-order valence-corrected chi connectivity index (χ4v) is 1.68. The first-order valence-corrected chi connectivity index (χ1v) is 5.09. The molecular weight excluding hydrogens is 220 g/mol. The number of carbonyl (C=O) groups excluding carboxylic acids is 1. The first-order chi connectivity index (χ1) is 8.13. The number of hydrogen-bond donors (Lipinski definition) is 2. The first kappa shape index (κ1) is 11.2. The molecule has 0 bridgehead atoms. The van der Waals surface area contributed by atoms with Gasteiger partial charge in [0.15, 0.2) is 0 Å². The summed E-state index contributed by atoms with van der Waals surface area (Å²) >= 11 is 0. The van der Waals surface area contributed by atoms with Gasteiger partial charge < -0.3 is 14.7 Å². The van der Waals surface area contributed by atoms with Gasteiger partial charge in [-0.25, -0.2) is 4.79 Å². The largest absolute Gasteiger partial charge is 0.464 e. The van der Waals surface area contributed by atoms with Gasteiger partial charge in [-0.2, -0.15) is 0 Å². The molecule has 0 atom stereocenters. The Balaban J connectivity index is 2.51. The van der Waals surface area contributed by atoms with Crippen LogP contribution in [0.2, 0.25) is 0 Å². The van der Waals surface area contributed by atoms with Crippen LogP contribution in [0.4, 0.5) is 0 Å². The highest BCUT2D eigenvalue weighted by molar-refractivity contribution is 5.88. The number of aromatic amines is 2. The van der Waals surface area contributed by atoms with E-state index in [0.29, 0.717) is 17.0 Å². The van der Waals surface area contributed by atoms with E-state index in [2.05, 4.69) is 14.7 Å². The summed E-state index contributed by atoms with van der Waals surface area (Å²) in [6.45, 7) is 1.84. The van der Waals surface area contributed by atoms with Crippen molar-refractivity contribution in [2.75, 3.05) is 7.11 Å². The number of aryl methyl sites for hydroxylation is 1. The van der Waals surface area contributed by atoms with Crippen LogP contribution < -0.4 is 5.56 Å². The fourth-order valence-electron chi connectivity index (χ4n) is 1.68. The van der Waals surface area contributed by atoms with E-state index in [0.717, 1.165) is 5.56 Å². The lowest BCUT2D eigenvalue weighted by molar-refractivity contribution is 0.0595. The number of nitrogens with one attached hydrogen (secondary N) is 2. The van der Waals surface area contributed by atoms with Gasteiger partial charge >= 0.3 is 5.97 Å². The zero-order chi connectivity index (χ0) is 12.4. The van der Waals surface area contributed by atoms with Gasteiger partial charge in [-0.1, -0.05) is 0 Å². The molecule has 88 valence electrons. The molecule has 2 rings (SSSR count). The van der Waals surface area contributed by atoms with Crippen LogP contribution in [0.1, 0.15) is 16.1 Å². The van der Waals surface area contributed by atoms with Gasteiger partial charge in [0.2, 0.25) is 0 Å². The van der Waals surface area contributed by atoms with Crippen molar-refractivity contribution in [3.05, 3.63) is 46.0 Å². The normalized spacial score (nSPS) is 10.2. The minimum Gasteiger partial charge on any atom is -0.464 e. The third kappa shape index (κ3) is 1.99. The van der Waals surface area contributed by atoms with Crippen molar-refractivity contribution in [3.63, 3.8) is 0 Å². The van der Waals surface area contributed by atoms with Gasteiger partial charge in [-0.05, 0) is 30.7 Å². The molecule has 0 fully saturated rings. The Labute approximate surface area is 97.4 Å². The highest BCUT2D eigenvalue weighted by Crippen LogP contribution is 2.18. The van der Waals surface area contributed by atoms with Crippen LogP contribution in [0.5, 0.6) is 0 Å². The topological polar surface area (TPSA) is 75.0 Å². The molecule has 0 saturated heterocycles. The smallest absolute Gasteiger partial charge is 0.354 e. The molecule has 17 heavy (non-hydrogen) atoms. The van der Waals surface area contributed by atoms with Crippen molar-refractivity contribution in [3.8, 4) is 11.3 Å². The van der Waals surface area contributed by atoms with Crippen molar-refractivity contribution in [2.24, 2.45) is 0 Å². The maximum atomic E-state index is 11.7. The van der Waals surface area contributed by atoms with Crippen molar-refractivity contribution in [1.29, 1.82) is 0 Å². The lowest BCUT2D eigenvalue weighted by Gasteiger charge is -2.01. The predicted octanol–water partition coefficient (Wildman–Crippen LogP) is 1.47. The van der Waals surface area contributed by atoms with Crippen molar-refractivity contribution >= 4 is 5.97 Å². The van der Waals surface area contributed by atoms with Crippen LogP contribution in [0.3, 0.4) is 0 Å². The van der Waals surface area contributed by atoms with E-state index in [1.807, 2.05) is 6.92 Å². The van der Waals surface area contributed by atoms with Crippen LogP contribution in [0.15, 0.2) is 29.2 Å². The lowest BCUT2D eigenvalue weighted by Crippen LogP contribution is -2.10. The molecule has 0 aliphatic carbocycles. The van der Waals surface area contributed by atoms with Crippen LogP contribution in [0, 0.1) is 6.92 Å². The summed E-state index contributed by atoms with van der Waals surface area (Å²) in [4.78, 5) is 28.5. The third-order valence-electron chi connectivity index (χ3n) is 2.53. The van der Waals surface area contributed by atoms with E-state index in [4.69, 9.17) is 0 Å². The number of carbonyl (C=O) groups is 1. The van der Waals surface area contributed by atoms with E-state index >= 15 is 0 Å². The molecule has 2 N–H and O–H groups in total. The molecular formula is C12H12N2O3. The van der Waals surface area contributed by atoms with Gasteiger partial charge in [0, 0.05) is 6.20 Å². The number of esters is 1. The Hall–Kier alpha value is -2.30. The number of methoxy groups -OCH3 is 1. The quantitative estimate of drug-likeness (QED) is 0.770.